The number of ketones is 1. The molecule has 2 aliphatic rings. The quantitative estimate of drug-likeness (QED) is 0.152. The number of rotatable bonds is 6. The number of nitrogens with zero attached hydrogens (tertiary/aromatic N) is 3. The Bertz CT molecular complexity index is 1910. The summed E-state index contributed by atoms with van der Waals surface area (Å²) in [4.78, 5) is 35.1. The third-order valence-corrected chi connectivity index (χ3v) is 9.38. The number of aryl methyl sites for hydroxylation is 2. The molecule has 2 fully saturated rings. The van der Waals surface area contributed by atoms with Crippen molar-refractivity contribution >= 4 is 11.7 Å². The Hall–Kier alpha value is -4.74. The second-order valence-electron chi connectivity index (χ2n) is 12.4. The van der Waals surface area contributed by atoms with Crippen molar-refractivity contribution in [1.29, 1.82) is 0 Å². The SMILES string of the molecule is COc1ncc(-c2c(C)cc(C(C)=O)cc2C)cc1-c1ccc(C(F)(F)F)cc1[C@@H]1CC[C@H]2[C@@H](c3ccnc(C(F)(F)F)c3)CC(=O)N12. The molecule has 2 aromatic carbocycles. The maximum absolute atomic E-state index is 14.1. The van der Waals surface area contributed by atoms with Gasteiger partial charge in [0.25, 0.3) is 0 Å². The van der Waals surface area contributed by atoms with E-state index < -0.39 is 41.6 Å². The van der Waals surface area contributed by atoms with Gasteiger partial charge in [0.1, 0.15) is 5.69 Å². The normalized spacial score (nSPS) is 19.5. The number of hydrogen-bond acceptors (Lipinski definition) is 5. The molecule has 48 heavy (non-hydrogen) atoms. The first kappa shape index (κ1) is 33.2. The molecule has 6 rings (SSSR count). The highest BCUT2D eigenvalue weighted by atomic mass is 19.4. The van der Waals surface area contributed by atoms with E-state index in [0.29, 0.717) is 40.7 Å². The number of carbonyl (C=O) groups is 2. The fourth-order valence-electron chi connectivity index (χ4n) is 7.33. The lowest BCUT2D eigenvalue weighted by Gasteiger charge is -2.29. The highest BCUT2D eigenvalue weighted by Gasteiger charge is 2.49. The third-order valence-electron chi connectivity index (χ3n) is 9.38. The topological polar surface area (TPSA) is 72.4 Å². The van der Waals surface area contributed by atoms with Crippen molar-refractivity contribution in [2.45, 2.75) is 70.4 Å². The van der Waals surface area contributed by atoms with E-state index in [1.165, 1.54) is 31.1 Å². The largest absolute Gasteiger partial charge is 0.481 e. The fraction of sp³-hybridized carbons (Fsp3) is 0.333. The molecule has 0 spiro atoms. The molecule has 0 unspecified atom stereocenters. The Labute approximate surface area is 272 Å². The van der Waals surface area contributed by atoms with Gasteiger partial charge in [-0.25, -0.2) is 4.98 Å². The number of carbonyl (C=O) groups excluding carboxylic acids is 2. The molecule has 4 aromatic rings. The van der Waals surface area contributed by atoms with E-state index in [0.717, 1.165) is 41.1 Å². The molecule has 0 N–H and O–H groups in total. The average molecular weight is 668 g/mol. The number of fused-ring (bicyclic) bond motifs is 1. The second kappa shape index (κ2) is 12.1. The van der Waals surface area contributed by atoms with Crippen LogP contribution in [-0.2, 0) is 17.1 Å². The summed E-state index contributed by atoms with van der Waals surface area (Å²) in [6, 6.07) is 9.79. The summed E-state index contributed by atoms with van der Waals surface area (Å²) >= 11 is 0. The zero-order chi connectivity index (χ0) is 34.7. The van der Waals surface area contributed by atoms with Crippen LogP contribution in [0.15, 0.2) is 60.9 Å². The molecule has 3 atom stereocenters. The monoisotopic (exact) mass is 667 g/mol. The number of pyridine rings is 2. The van der Waals surface area contributed by atoms with Crippen molar-refractivity contribution in [3.63, 3.8) is 0 Å². The van der Waals surface area contributed by atoms with Crippen molar-refractivity contribution in [3.8, 4) is 28.1 Å². The smallest absolute Gasteiger partial charge is 0.433 e. The summed E-state index contributed by atoms with van der Waals surface area (Å²) in [5.74, 6) is -0.859. The summed E-state index contributed by atoms with van der Waals surface area (Å²) < 4.78 is 88.3. The molecule has 0 bridgehead atoms. The number of hydrogen-bond donors (Lipinski definition) is 0. The van der Waals surface area contributed by atoms with E-state index in [1.807, 2.05) is 13.8 Å². The van der Waals surface area contributed by atoms with E-state index in [1.54, 1.807) is 24.4 Å². The fourth-order valence-corrected chi connectivity index (χ4v) is 7.33. The van der Waals surface area contributed by atoms with Crippen molar-refractivity contribution in [3.05, 3.63) is 100.0 Å². The molecule has 0 aliphatic carbocycles. The van der Waals surface area contributed by atoms with Crippen molar-refractivity contribution in [1.82, 2.24) is 14.9 Å². The first-order valence-electron chi connectivity index (χ1n) is 15.3. The number of alkyl halides is 6. The number of Topliss-reactive ketones (excluding diaryl/α,β-unsaturated/α-hetero) is 1. The van der Waals surface area contributed by atoms with Gasteiger partial charge in [0, 0.05) is 47.5 Å². The Morgan fingerprint density at radius 2 is 1.60 bits per heavy atom. The number of aromatic nitrogens is 2. The van der Waals surface area contributed by atoms with E-state index in [4.69, 9.17) is 4.74 Å². The molecule has 250 valence electrons. The van der Waals surface area contributed by atoms with Gasteiger partial charge in [0.15, 0.2) is 5.78 Å². The summed E-state index contributed by atoms with van der Waals surface area (Å²) in [5, 5.41) is 0. The molecule has 2 aliphatic heterocycles. The minimum absolute atomic E-state index is 0.0774. The molecule has 2 saturated heterocycles. The second-order valence-corrected chi connectivity index (χ2v) is 12.4. The van der Waals surface area contributed by atoms with E-state index in [9.17, 15) is 35.9 Å². The Morgan fingerprint density at radius 3 is 2.23 bits per heavy atom. The van der Waals surface area contributed by atoms with Gasteiger partial charge in [-0.05, 0) is 109 Å². The lowest BCUT2D eigenvalue weighted by Crippen LogP contribution is -2.31. The van der Waals surface area contributed by atoms with Crippen LogP contribution in [0.5, 0.6) is 5.88 Å². The zero-order valence-electron chi connectivity index (χ0n) is 26.5. The van der Waals surface area contributed by atoms with Gasteiger partial charge in [-0.1, -0.05) is 6.07 Å². The number of benzene rings is 2. The predicted octanol–water partition coefficient (Wildman–Crippen LogP) is 8.90. The molecule has 0 saturated carbocycles. The number of ether oxygens (including phenoxy) is 1. The summed E-state index contributed by atoms with van der Waals surface area (Å²) in [7, 11) is 1.40. The van der Waals surface area contributed by atoms with E-state index >= 15 is 0 Å². The first-order chi connectivity index (χ1) is 22.6. The van der Waals surface area contributed by atoms with Gasteiger partial charge in [-0.3, -0.25) is 14.6 Å². The van der Waals surface area contributed by atoms with Crippen LogP contribution in [0.2, 0.25) is 0 Å². The van der Waals surface area contributed by atoms with Crippen molar-refractivity contribution in [2.75, 3.05) is 7.11 Å². The van der Waals surface area contributed by atoms with Gasteiger partial charge in [-0.2, -0.15) is 26.3 Å². The van der Waals surface area contributed by atoms with Crippen LogP contribution >= 0.6 is 0 Å². The van der Waals surface area contributed by atoms with Crippen LogP contribution in [0.3, 0.4) is 0 Å². The molecule has 6 nitrogen and oxygen atoms in total. The maximum atomic E-state index is 14.1. The van der Waals surface area contributed by atoms with Gasteiger partial charge >= 0.3 is 12.4 Å². The van der Waals surface area contributed by atoms with Crippen LogP contribution in [0.1, 0.15) is 82.0 Å². The van der Waals surface area contributed by atoms with E-state index in [-0.39, 0.29) is 29.6 Å². The molecule has 2 aromatic heterocycles. The van der Waals surface area contributed by atoms with Crippen molar-refractivity contribution < 1.29 is 40.7 Å². The maximum Gasteiger partial charge on any atom is 0.433 e. The molecular weight excluding hydrogens is 636 g/mol. The first-order valence-corrected chi connectivity index (χ1v) is 15.3. The van der Waals surface area contributed by atoms with Gasteiger partial charge in [-0.15, -0.1) is 0 Å². The van der Waals surface area contributed by atoms with Crippen LogP contribution < -0.4 is 4.74 Å². The molecule has 12 heteroatoms. The number of methoxy groups -OCH3 is 1. The Kier molecular flexibility index (Phi) is 8.33. The zero-order valence-corrected chi connectivity index (χ0v) is 26.5. The highest BCUT2D eigenvalue weighted by Crippen LogP contribution is 2.51. The third kappa shape index (κ3) is 5.92. The average Bonchev–Trinajstić information content (AvgIpc) is 3.60. The van der Waals surface area contributed by atoms with Crippen LogP contribution in [0, 0.1) is 13.8 Å². The van der Waals surface area contributed by atoms with Crippen LogP contribution in [-0.4, -0.2) is 39.7 Å². The lowest BCUT2D eigenvalue weighted by molar-refractivity contribution is -0.141. The molecule has 4 heterocycles. The summed E-state index contributed by atoms with van der Waals surface area (Å²) in [5.41, 5.74) is 3.00. The molecular formula is C36H31F6N3O3. The van der Waals surface area contributed by atoms with Gasteiger partial charge in [0.2, 0.25) is 11.8 Å². The Balaban J connectivity index is 1.47. The standard InChI is InChI=1S/C36H31F6N3O3/c1-18-11-22(20(3)46)12-19(2)33(18)23-13-28(34(48-4)44-17-23)25-6-5-24(35(37,38)39)15-27(25)30-8-7-29-26(16-32(47)45(29)30)21-9-10-43-31(14-21)36(40,41)42/h5-6,9-15,17,26,29-30H,7-8,16H2,1-4H3/t26-,29+,30+/m1/s1. The Morgan fingerprint density at radius 1 is 0.896 bits per heavy atom. The predicted molar refractivity (Wildman–Crippen MR) is 165 cm³/mol. The van der Waals surface area contributed by atoms with Gasteiger partial charge < -0.3 is 9.64 Å². The molecule has 1 amide bonds. The summed E-state index contributed by atoms with van der Waals surface area (Å²) in [6.07, 6.45) is -6.07. The van der Waals surface area contributed by atoms with Crippen LogP contribution in [0.4, 0.5) is 26.3 Å². The van der Waals surface area contributed by atoms with E-state index in [2.05, 4.69) is 9.97 Å². The lowest BCUT2D eigenvalue weighted by atomic mass is 9.88. The minimum Gasteiger partial charge on any atom is -0.481 e. The minimum atomic E-state index is -4.68. The van der Waals surface area contributed by atoms with Gasteiger partial charge in [0.05, 0.1) is 18.7 Å². The number of amides is 1. The van der Waals surface area contributed by atoms with Crippen LogP contribution in [0.25, 0.3) is 22.3 Å². The van der Waals surface area contributed by atoms with Crippen molar-refractivity contribution in [2.24, 2.45) is 0 Å². The summed E-state index contributed by atoms with van der Waals surface area (Å²) in [6.45, 7) is 5.19. The molecule has 0 radical (unpaired) electrons. The number of halogens is 6. The highest BCUT2D eigenvalue weighted by molar-refractivity contribution is 5.95.